The zero-order valence-corrected chi connectivity index (χ0v) is 13.4. The van der Waals surface area contributed by atoms with E-state index in [1.165, 1.54) is 0 Å². The Labute approximate surface area is 131 Å². The molecule has 1 aromatic heterocycles. The molecule has 2 aliphatic heterocycles. The SMILES string of the molecule is CCC(CC)C(=O)N1Cc2cnc(N3CCOCC3)nc2C1. The van der Waals surface area contributed by atoms with Gasteiger partial charge in [-0.25, -0.2) is 9.97 Å². The van der Waals surface area contributed by atoms with Crippen LogP contribution in [0.1, 0.15) is 37.9 Å². The first-order valence-electron chi connectivity index (χ1n) is 8.19. The van der Waals surface area contributed by atoms with Crippen LogP contribution in [0.2, 0.25) is 0 Å². The molecule has 3 heterocycles. The summed E-state index contributed by atoms with van der Waals surface area (Å²) in [7, 11) is 0. The number of carbonyl (C=O) groups excluding carboxylic acids is 1. The van der Waals surface area contributed by atoms with Crippen LogP contribution in [-0.2, 0) is 22.6 Å². The van der Waals surface area contributed by atoms with Gasteiger partial charge in [0.25, 0.3) is 0 Å². The maximum Gasteiger partial charge on any atom is 0.226 e. The molecule has 0 saturated carbocycles. The van der Waals surface area contributed by atoms with Crippen LogP contribution in [0.15, 0.2) is 6.20 Å². The number of rotatable bonds is 4. The molecule has 6 heteroatoms. The molecule has 3 rings (SSSR count). The highest BCUT2D eigenvalue weighted by Gasteiger charge is 2.29. The predicted molar refractivity (Wildman–Crippen MR) is 83.4 cm³/mol. The molecule has 0 radical (unpaired) electrons. The van der Waals surface area contributed by atoms with Gasteiger partial charge in [-0.1, -0.05) is 13.8 Å². The van der Waals surface area contributed by atoms with Gasteiger partial charge in [0.15, 0.2) is 0 Å². The van der Waals surface area contributed by atoms with E-state index in [2.05, 4.69) is 28.7 Å². The van der Waals surface area contributed by atoms with Crippen molar-refractivity contribution in [2.75, 3.05) is 31.2 Å². The van der Waals surface area contributed by atoms with Crippen LogP contribution in [0.5, 0.6) is 0 Å². The van der Waals surface area contributed by atoms with Crippen LogP contribution in [0.4, 0.5) is 5.95 Å². The Morgan fingerprint density at radius 2 is 2.00 bits per heavy atom. The fourth-order valence-corrected chi connectivity index (χ4v) is 3.11. The smallest absolute Gasteiger partial charge is 0.226 e. The van der Waals surface area contributed by atoms with Crippen LogP contribution in [0, 0.1) is 5.92 Å². The molecule has 0 unspecified atom stereocenters. The summed E-state index contributed by atoms with van der Waals surface area (Å²) in [6.07, 6.45) is 3.67. The number of hydrogen-bond acceptors (Lipinski definition) is 5. The van der Waals surface area contributed by atoms with Crippen molar-refractivity contribution in [3.05, 3.63) is 17.5 Å². The van der Waals surface area contributed by atoms with Crippen molar-refractivity contribution >= 4 is 11.9 Å². The summed E-state index contributed by atoms with van der Waals surface area (Å²) >= 11 is 0. The summed E-state index contributed by atoms with van der Waals surface area (Å²) in [5, 5.41) is 0. The third-order valence-corrected chi connectivity index (χ3v) is 4.58. The Bertz CT molecular complexity index is 539. The zero-order valence-electron chi connectivity index (χ0n) is 13.4. The molecule has 0 aromatic carbocycles. The molecular formula is C16H24N4O2. The van der Waals surface area contributed by atoms with Gasteiger partial charge >= 0.3 is 0 Å². The van der Waals surface area contributed by atoms with Crippen LogP contribution >= 0.6 is 0 Å². The fourth-order valence-electron chi connectivity index (χ4n) is 3.11. The van der Waals surface area contributed by atoms with Gasteiger partial charge in [-0.3, -0.25) is 4.79 Å². The number of aromatic nitrogens is 2. The summed E-state index contributed by atoms with van der Waals surface area (Å²) in [4.78, 5) is 25.7. The number of ether oxygens (including phenoxy) is 1. The molecule has 2 aliphatic rings. The number of anilines is 1. The highest BCUT2D eigenvalue weighted by Crippen LogP contribution is 2.25. The molecule has 0 spiro atoms. The van der Waals surface area contributed by atoms with Crippen molar-refractivity contribution in [2.24, 2.45) is 5.92 Å². The Balaban J connectivity index is 1.72. The first kappa shape index (κ1) is 15.2. The van der Waals surface area contributed by atoms with E-state index in [1.807, 2.05) is 11.1 Å². The molecule has 0 N–H and O–H groups in total. The highest BCUT2D eigenvalue weighted by molar-refractivity contribution is 5.79. The lowest BCUT2D eigenvalue weighted by Crippen LogP contribution is -2.37. The van der Waals surface area contributed by atoms with Crippen molar-refractivity contribution in [2.45, 2.75) is 39.8 Å². The highest BCUT2D eigenvalue weighted by atomic mass is 16.5. The van der Waals surface area contributed by atoms with Gasteiger partial charge in [0, 0.05) is 37.3 Å². The average molecular weight is 304 g/mol. The van der Waals surface area contributed by atoms with E-state index < -0.39 is 0 Å². The van der Waals surface area contributed by atoms with Crippen molar-refractivity contribution in [3.8, 4) is 0 Å². The molecule has 22 heavy (non-hydrogen) atoms. The van der Waals surface area contributed by atoms with Crippen molar-refractivity contribution in [3.63, 3.8) is 0 Å². The lowest BCUT2D eigenvalue weighted by molar-refractivity contribution is -0.136. The second-order valence-electron chi connectivity index (χ2n) is 5.95. The maximum atomic E-state index is 12.5. The molecule has 1 saturated heterocycles. The Morgan fingerprint density at radius 1 is 1.27 bits per heavy atom. The molecule has 0 atom stereocenters. The monoisotopic (exact) mass is 304 g/mol. The van der Waals surface area contributed by atoms with Crippen LogP contribution in [-0.4, -0.2) is 47.1 Å². The fraction of sp³-hybridized carbons (Fsp3) is 0.688. The normalized spacial score (nSPS) is 18.0. The zero-order chi connectivity index (χ0) is 15.5. The number of fused-ring (bicyclic) bond motifs is 1. The second kappa shape index (κ2) is 6.60. The van der Waals surface area contributed by atoms with Gasteiger partial charge in [0.05, 0.1) is 25.5 Å². The molecule has 0 aliphatic carbocycles. The topological polar surface area (TPSA) is 58.6 Å². The molecule has 120 valence electrons. The Morgan fingerprint density at radius 3 is 2.68 bits per heavy atom. The van der Waals surface area contributed by atoms with Crippen LogP contribution in [0.3, 0.4) is 0 Å². The second-order valence-corrected chi connectivity index (χ2v) is 5.95. The molecule has 1 aromatic rings. The summed E-state index contributed by atoms with van der Waals surface area (Å²) in [6.45, 7) is 8.51. The summed E-state index contributed by atoms with van der Waals surface area (Å²) in [6, 6.07) is 0. The number of hydrogen-bond donors (Lipinski definition) is 0. The predicted octanol–water partition coefficient (Wildman–Crippen LogP) is 1.59. The van der Waals surface area contributed by atoms with E-state index in [-0.39, 0.29) is 11.8 Å². The Hall–Kier alpha value is -1.69. The minimum absolute atomic E-state index is 0.126. The quantitative estimate of drug-likeness (QED) is 0.845. The third kappa shape index (κ3) is 2.92. The standard InChI is InChI=1S/C16H24N4O2/c1-3-12(4-2)15(21)20-10-13-9-17-16(18-14(13)11-20)19-5-7-22-8-6-19/h9,12H,3-8,10-11H2,1-2H3. The lowest BCUT2D eigenvalue weighted by Gasteiger charge is -2.26. The van der Waals surface area contributed by atoms with E-state index in [1.54, 1.807) is 0 Å². The largest absolute Gasteiger partial charge is 0.378 e. The summed E-state index contributed by atoms with van der Waals surface area (Å²) in [5.41, 5.74) is 2.08. The molecule has 1 amide bonds. The van der Waals surface area contributed by atoms with E-state index in [0.717, 1.165) is 56.4 Å². The number of morpholine rings is 1. The maximum absolute atomic E-state index is 12.5. The lowest BCUT2D eigenvalue weighted by atomic mass is 10.0. The molecule has 1 fully saturated rings. The summed E-state index contributed by atoms with van der Waals surface area (Å²) < 4.78 is 5.36. The molecule has 0 bridgehead atoms. The van der Waals surface area contributed by atoms with Crippen molar-refractivity contribution in [1.82, 2.24) is 14.9 Å². The van der Waals surface area contributed by atoms with Gasteiger partial charge in [-0.2, -0.15) is 0 Å². The van der Waals surface area contributed by atoms with Crippen LogP contribution < -0.4 is 4.90 Å². The Kier molecular flexibility index (Phi) is 4.57. The number of amides is 1. The molecule has 6 nitrogen and oxygen atoms in total. The van der Waals surface area contributed by atoms with Gasteiger partial charge in [-0.15, -0.1) is 0 Å². The van der Waals surface area contributed by atoms with Gasteiger partial charge in [0.2, 0.25) is 11.9 Å². The van der Waals surface area contributed by atoms with Gasteiger partial charge < -0.3 is 14.5 Å². The van der Waals surface area contributed by atoms with E-state index in [9.17, 15) is 4.79 Å². The third-order valence-electron chi connectivity index (χ3n) is 4.58. The van der Waals surface area contributed by atoms with Crippen molar-refractivity contribution < 1.29 is 9.53 Å². The first-order chi connectivity index (χ1) is 10.7. The molecular weight excluding hydrogens is 280 g/mol. The van der Waals surface area contributed by atoms with Crippen molar-refractivity contribution in [1.29, 1.82) is 0 Å². The van der Waals surface area contributed by atoms with E-state index in [4.69, 9.17) is 4.74 Å². The van der Waals surface area contributed by atoms with E-state index >= 15 is 0 Å². The van der Waals surface area contributed by atoms with E-state index in [0.29, 0.717) is 13.1 Å². The number of carbonyl (C=O) groups is 1. The summed E-state index contributed by atoms with van der Waals surface area (Å²) in [5.74, 6) is 1.13. The van der Waals surface area contributed by atoms with Gasteiger partial charge in [-0.05, 0) is 12.8 Å². The van der Waals surface area contributed by atoms with Crippen LogP contribution in [0.25, 0.3) is 0 Å². The van der Waals surface area contributed by atoms with Gasteiger partial charge in [0.1, 0.15) is 0 Å². The minimum Gasteiger partial charge on any atom is -0.378 e. The number of nitrogens with zero attached hydrogens (tertiary/aromatic N) is 4. The minimum atomic E-state index is 0.126. The average Bonchev–Trinajstić information content (AvgIpc) is 2.99. The first-order valence-corrected chi connectivity index (χ1v) is 8.19.